The summed E-state index contributed by atoms with van der Waals surface area (Å²) in [4.78, 5) is 31.6. The molecule has 0 saturated heterocycles. The van der Waals surface area contributed by atoms with Crippen molar-refractivity contribution in [1.29, 1.82) is 0 Å². The minimum atomic E-state index is -0.378. The van der Waals surface area contributed by atoms with Crippen molar-refractivity contribution >= 4 is 17.8 Å². The number of anilines is 1. The smallest absolute Gasteiger partial charge is 0.246 e. The van der Waals surface area contributed by atoms with Gasteiger partial charge in [0.1, 0.15) is 12.4 Å². The number of methoxy groups -OCH3 is 1. The van der Waals surface area contributed by atoms with Gasteiger partial charge in [-0.05, 0) is 30.2 Å². The van der Waals surface area contributed by atoms with Crippen molar-refractivity contribution in [3.63, 3.8) is 0 Å². The molecule has 0 aliphatic rings. The van der Waals surface area contributed by atoms with E-state index in [4.69, 9.17) is 4.74 Å². The molecule has 0 radical (unpaired) electrons. The number of benzene rings is 2. The molecule has 3 aromatic rings. The van der Waals surface area contributed by atoms with Crippen molar-refractivity contribution < 1.29 is 18.7 Å². The highest BCUT2D eigenvalue weighted by Crippen LogP contribution is 2.24. The van der Waals surface area contributed by atoms with E-state index in [-0.39, 0.29) is 36.0 Å². The van der Waals surface area contributed by atoms with Crippen molar-refractivity contribution in [2.24, 2.45) is 5.92 Å². The van der Waals surface area contributed by atoms with Crippen LogP contribution in [0.2, 0.25) is 0 Å². The van der Waals surface area contributed by atoms with Crippen LogP contribution in [0.5, 0.6) is 0 Å². The zero-order chi connectivity index (χ0) is 23.8. The molecule has 0 bridgehead atoms. The van der Waals surface area contributed by atoms with Crippen LogP contribution >= 0.6 is 0 Å². The SMILES string of the molecule is COCCN(CC(=O)Nc1nc(-c2ccccc2)cn1-c1ccc(F)cc1)C(=O)CC(C)C. The highest BCUT2D eigenvalue weighted by atomic mass is 19.1. The van der Waals surface area contributed by atoms with E-state index in [0.29, 0.717) is 31.0 Å². The summed E-state index contributed by atoms with van der Waals surface area (Å²) in [6, 6.07) is 15.5. The average molecular weight is 453 g/mol. The lowest BCUT2D eigenvalue weighted by molar-refractivity contribution is -0.136. The molecule has 8 heteroatoms. The molecule has 0 saturated carbocycles. The Balaban J connectivity index is 1.85. The largest absolute Gasteiger partial charge is 0.383 e. The molecule has 0 aliphatic heterocycles. The Bertz CT molecular complexity index is 1070. The van der Waals surface area contributed by atoms with Crippen LogP contribution in [0, 0.1) is 11.7 Å². The first-order chi connectivity index (χ1) is 15.9. The monoisotopic (exact) mass is 452 g/mol. The van der Waals surface area contributed by atoms with E-state index >= 15 is 0 Å². The third-order valence-corrected chi connectivity index (χ3v) is 4.97. The Hall–Kier alpha value is -3.52. The molecule has 0 spiro atoms. The van der Waals surface area contributed by atoms with Crippen LogP contribution in [-0.4, -0.2) is 53.1 Å². The summed E-state index contributed by atoms with van der Waals surface area (Å²) < 4.78 is 20.2. The summed E-state index contributed by atoms with van der Waals surface area (Å²) in [6.07, 6.45) is 2.13. The van der Waals surface area contributed by atoms with Crippen molar-refractivity contribution in [2.75, 3.05) is 32.1 Å². The third-order valence-electron chi connectivity index (χ3n) is 4.97. The van der Waals surface area contributed by atoms with E-state index in [0.717, 1.165) is 5.56 Å². The number of nitrogens with one attached hydrogen (secondary N) is 1. The summed E-state index contributed by atoms with van der Waals surface area (Å²) in [5.74, 6) is -0.379. The average Bonchev–Trinajstić information content (AvgIpc) is 3.20. The number of carbonyl (C=O) groups is 2. The first kappa shape index (κ1) is 24.1. The number of amides is 2. The van der Waals surface area contributed by atoms with Crippen molar-refractivity contribution in [2.45, 2.75) is 20.3 Å². The summed E-state index contributed by atoms with van der Waals surface area (Å²) in [5.41, 5.74) is 2.18. The van der Waals surface area contributed by atoms with Crippen molar-refractivity contribution in [1.82, 2.24) is 14.5 Å². The van der Waals surface area contributed by atoms with Crippen LogP contribution in [0.25, 0.3) is 16.9 Å². The molecule has 1 aromatic heterocycles. The molecule has 33 heavy (non-hydrogen) atoms. The molecule has 0 aliphatic carbocycles. The number of imidazole rings is 1. The Morgan fingerprint density at radius 2 is 1.82 bits per heavy atom. The number of hydrogen-bond acceptors (Lipinski definition) is 4. The second-order valence-corrected chi connectivity index (χ2v) is 8.12. The molecule has 3 rings (SSSR count). The van der Waals surface area contributed by atoms with Gasteiger partial charge in [0, 0.05) is 37.5 Å². The van der Waals surface area contributed by atoms with Gasteiger partial charge in [-0.15, -0.1) is 0 Å². The van der Waals surface area contributed by atoms with Crippen LogP contribution < -0.4 is 5.32 Å². The zero-order valence-electron chi connectivity index (χ0n) is 19.1. The standard InChI is InChI=1S/C25H29FN4O3/c1-18(2)15-24(32)29(13-14-33-3)17-23(31)28-25-27-22(19-7-5-4-6-8-19)16-30(25)21-11-9-20(26)10-12-21/h4-12,16,18H,13-15,17H2,1-3H3,(H,27,28,31). The molecule has 1 N–H and O–H groups in total. The molecule has 0 atom stereocenters. The fourth-order valence-corrected chi connectivity index (χ4v) is 3.32. The highest BCUT2D eigenvalue weighted by Gasteiger charge is 2.20. The summed E-state index contributed by atoms with van der Waals surface area (Å²) >= 11 is 0. The second kappa shape index (κ2) is 11.4. The van der Waals surface area contributed by atoms with E-state index < -0.39 is 0 Å². The first-order valence-corrected chi connectivity index (χ1v) is 10.8. The van der Waals surface area contributed by atoms with Crippen LogP contribution in [0.15, 0.2) is 60.8 Å². The van der Waals surface area contributed by atoms with Gasteiger partial charge >= 0.3 is 0 Å². The Morgan fingerprint density at radius 3 is 2.45 bits per heavy atom. The minimum absolute atomic E-state index is 0.107. The van der Waals surface area contributed by atoms with E-state index in [1.165, 1.54) is 17.0 Å². The Morgan fingerprint density at radius 1 is 1.12 bits per heavy atom. The molecule has 2 amide bonds. The normalized spacial score (nSPS) is 10.9. The number of hydrogen-bond donors (Lipinski definition) is 1. The summed E-state index contributed by atoms with van der Waals surface area (Å²) in [6.45, 7) is 4.44. The minimum Gasteiger partial charge on any atom is -0.383 e. The molecular weight excluding hydrogens is 423 g/mol. The van der Waals surface area contributed by atoms with Gasteiger partial charge in [-0.1, -0.05) is 44.2 Å². The number of aromatic nitrogens is 2. The topological polar surface area (TPSA) is 76.5 Å². The maximum atomic E-state index is 13.5. The van der Waals surface area contributed by atoms with Gasteiger partial charge in [-0.3, -0.25) is 19.5 Å². The van der Waals surface area contributed by atoms with Crippen molar-refractivity contribution in [3.8, 4) is 16.9 Å². The maximum Gasteiger partial charge on any atom is 0.246 e. The number of halogens is 1. The van der Waals surface area contributed by atoms with Gasteiger partial charge in [0.2, 0.25) is 17.8 Å². The van der Waals surface area contributed by atoms with Crippen LogP contribution in [0.4, 0.5) is 10.3 Å². The lowest BCUT2D eigenvalue weighted by Crippen LogP contribution is -2.40. The van der Waals surface area contributed by atoms with E-state index in [1.807, 2.05) is 44.2 Å². The number of nitrogens with zero attached hydrogens (tertiary/aromatic N) is 3. The quantitative estimate of drug-likeness (QED) is 0.502. The Labute approximate surface area is 193 Å². The van der Waals surface area contributed by atoms with Crippen LogP contribution in [-0.2, 0) is 14.3 Å². The van der Waals surface area contributed by atoms with Gasteiger partial charge < -0.3 is 9.64 Å². The maximum absolute atomic E-state index is 13.5. The molecule has 0 unspecified atom stereocenters. The van der Waals surface area contributed by atoms with E-state index in [2.05, 4.69) is 10.3 Å². The lowest BCUT2D eigenvalue weighted by atomic mass is 10.1. The third kappa shape index (κ3) is 6.73. The Kier molecular flexibility index (Phi) is 8.32. The molecular formula is C25H29FN4O3. The van der Waals surface area contributed by atoms with Crippen molar-refractivity contribution in [3.05, 3.63) is 66.6 Å². The number of carbonyl (C=O) groups excluding carboxylic acids is 2. The second-order valence-electron chi connectivity index (χ2n) is 8.12. The molecule has 2 aromatic carbocycles. The van der Waals surface area contributed by atoms with Gasteiger partial charge in [0.15, 0.2) is 0 Å². The lowest BCUT2D eigenvalue weighted by Gasteiger charge is -2.22. The van der Waals surface area contributed by atoms with Gasteiger partial charge in [-0.2, -0.15) is 0 Å². The van der Waals surface area contributed by atoms with Crippen LogP contribution in [0.3, 0.4) is 0 Å². The first-order valence-electron chi connectivity index (χ1n) is 10.8. The van der Waals surface area contributed by atoms with Gasteiger partial charge in [0.25, 0.3) is 0 Å². The van der Waals surface area contributed by atoms with Gasteiger partial charge in [-0.25, -0.2) is 9.37 Å². The predicted molar refractivity (Wildman–Crippen MR) is 125 cm³/mol. The molecule has 7 nitrogen and oxygen atoms in total. The fraction of sp³-hybridized carbons (Fsp3) is 0.320. The molecule has 1 heterocycles. The summed E-state index contributed by atoms with van der Waals surface area (Å²) in [7, 11) is 1.55. The van der Waals surface area contributed by atoms with Gasteiger partial charge in [0.05, 0.1) is 12.3 Å². The highest BCUT2D eigenvalue weighted by molar-refractivity contribution is 5.94. The van der Waals surface area contributed by atoms with E-state index in [1.54, 1.807) is 30.0 Å². The zero-order valence-corrected chi connectivity index (χ0v) is 19.1. The molecule has 174 valence electrons. The van der Waals surface area contributed by atoms with E-state index in [9.17, 15) is 14.0 Å². The summed E-state index contributed by atoms with van der Waals surface area (Å²) in [5, 5.41) is 2.81. The fourth-order valence-electron chi connectivity index (χ4n) is 3.32. The predicted octanol–water partition coefficient (Wildman–Crippen LogP) is 4.14. The molecule has 0 fully saturated rings. The number of rotatable bonds is 10. The number of ether oxygens (including phenoxy) is 1. The van der Waals surface area contributed by atoms with Crippen LogP contribution in [0.1, 0.15) is 20.3 Å².